The summed E-state index contributed by atoms with van der Waals surface area (Å²) in [6.07, 6.45) is 4.04. The Balaban J connectivity index is 1.75. The molecule has 0 spiro atoms. The summed E-state index contributed by atoms with van der Waals surface area (Å²) in [5, 5.41) is 0. The number of carbonyl (C=O) groups excluding carboxylic acids is 1. The Kier molecular flexibility index (Phi) is 6.80. The quantitative estimate of drug-likeness (QED) is 0.707. The number of carbonyl (C=O) groups is 1. The topological polar surface area (TPSA) is 63.7 Å². The van der Waals surface area contributed by atoms with Gasteiger partial charge >= 0.3 is 0 Å². The van der Waals surface area contributed by atoms with Crippen molar-refractivity contribution in [2.24, 2.45) is 5.92 Å². The highest BCUT2D eigenvalue weighted by molar-refractivity contribution is 7.86. The van der Waals surface area contributed by atoms with Crippen LogP contribution in [-0.4, -0.2) is 38.9 Å². The molecule has 1 aliphatic rings. The molecule has 1 aliphatic heterocycles. The second-order valence-electron chi connectivity index (χ2n) is 6.45. The van der Waals surface area contributed by atoms with Crippen LogP contribution in [0.3, 0.4) is 0 Å². The van der Waals surface area contributed by atoms with E-state index in [2.05, 4.69) is 0 Å². The molecular formula is C18H27NO4S. The van der Waals surface area contributed by atoms with Crippen molar-refractivity contribution in [3.63, 3.8) is 0 Å². The van der Waals surface area contributed by atoms with Gasteiger partial charge in [0.15, 0.2) is 0 Å². The lowest BCUT2D eigenvalue weighted by Crippen LogP contribution is -2.38. The number of hydrogen-bond acceptors (Lipinski definition) is 4. The minimum Gasteiger partial charge on any atom is -0.343 e. The molecule has 1 heterocycles. The molecule has 1 amide bonds. The molecule has 0 saturated carbocycles. The molecule has 1 aromatic rings. The van der Waals surface area contributed by atoms with E-state index in [1.165, 1.54) is 0 Å². The van der Waals surface area contributed by atoms with Gasteiger partial charge in [0, 0.05) is 19.5 Å². The van der Waals surface area contributed by atoms with Gasteiger partial charge in [0.05, 0.1) is 11.5 Å². The molecule has 0 radical (unpaired) electrons. The average Bonchev–Trinajstić information content (AvgIpc) is 2.56. The molecular weight excluding hydrogens is 326 g/mol. The van der Waals surface area contributed by atoms with Gasteiger partial charge in [-0.15, -0.1) is 0 Å². The predicted molar refractivity (Wildman–Crippen MR) is 93.1 cm³/mol. The van der Waals surface area contributed by atoms with Crippen molar-refractivity contribution < 1.29 is 17.4 Å². The van der Waals surface area contributed by atoms with Crippen LogP contribution >= 0.6 is 0 Å². The van der Waals surface area contributed by atoms with Gasteiger partial charge in [-0.3, -0.25) is 8.98 Å². The number of piperidine rings is 1. The summed E-state index contributed by atoms with van der Waals surface area (Å²) < 4.78 is 29.4. The fourth-order valence-corrected chi connectivity index (χ4v) is 3.86. The number of aryl methyl sites for hydroxylation is 1. The average molecular weight is 353 g/mol. The smallest absolute Gasteiger partial charge is 0.296 e. The molecule has 0 unspecified atom stereocenters. The number of benzene rings is 1. The van der Waals surface area contributed by atoms with E-state index in [0.29, 0.717) is 18.8 Å². The van der Waals surface area contributed by atoms with Crippen LogP contribution in [0.4, 0.5) is 0 Å². The molecule has 0 bridgehead atoms. The van der Waals surface area contributed by atoms with E-state index >= 15 is 0 Å². The van der Waals surface area contributed by atoms with E-state index in [4.69, 9.17) is 4.18 Å². The molecule has 5 nitrogen and oxygen atoms in total. The number of rotatable bonds is 7. The third kappa shape index (κ3) is 5.31. The molecule has 0 N–H and O–H groups in total. The van der Waals surface area contributed by atoms with Crippen LogP contribution in [0.5, 0.6) is 0 Å². The van der Waals surface area contributed by atoms with E-state index in [-0.39, 0.29) is 17.4 Å². The van der Waals surface area contributed by atoms with Gasteiger partial charge in [0.1, 0.15) is 0 Å². The van der Waals surface area contributed by atoms with Gasteiger partial charge in [0.2, 0.25) is 5.91 Å². The summed E-state index contributed by atoms with van der Waals surface area (Å²) in [6.45, 7) is 5.66. The molecule has 0 aromatic heterocycles. The molecule has 0 aliphatic carbocycles. The maximum atomic E-state index is 12.1. The largest absolute Gasteiger partial charge is 0.343 e. The van der Waals surface area contributed by atoms with Crippen molar-refractivity contribution in [1.82, 2.24) is 4.90 Å². The molecule has 24 heavy (non-hydrogen) atoms. The summed E-state index contributed by atoms with van der Waals surface area (Å²) in [6, 6.07) is 6.67. The normalized spacial score (nSPS) is 16.3. The highest BCUT2D eigenvalue weighted by Crippen LogP contribution is 2.22. The third-order valence-electron chi connectivity index (χ3n) is 4.51. The Morgan fingerprint density at radius 3 is 2.42 bits per heavy atom. The van der Waals surface area contributed by atoms with Crippen LogP contribution in [-0.2, 0) is 19.1 Å². The molecule has 0 atom stereocenters. The Morgan fingerprint density at radius 1 is 1.21 bits per heavy atom. The lowest BCUT2D eigenvalue weighted by Gasteiger charge is -2.32. The Hall–Kier alpha value is -1.40. The van der Waals surface area contributed by atoms with E-state index in [9.17, 15) is 13.2 Å². The van der Waals surface area contributed by atoms with Crippen LogP contribution in [0.25, 0.3) is 0 Å². The van der Waals surface area contributed by atoms with Gasteiger partial charge in [-0.25, -0.2) is 0 Å². The van der Waals surface area contributed by atoms with Crippen molar-refractivity contribution in [3.05, 3.63) is 29.8 Å². The molecule has 1 saturated heterocycles. The van der Waals surface area contributed by atoms with E-state index < -0.39 is 10.1 Å². The zero-order chi connectivity index (χ0) is 17.6. The summed E-state index contributed by atoms with van der Waals surface area (Å²) >= 11 is 0. The van der Waals surface area contributed by atoms with E-state index in [1.54, 1.807) is 24.3 Å². The molecule has 6 heteroatoms. The van der Waals surface area contributed by atoms with Crippen molar-refractivity contribution in [1.29, 1.82) is 0 Å². The predicted octanol–water partition coefficient (Wildman–Crippen LogP) is 3.13. The van der Waals surface area contributed by atoms with Crippen molar-refractivity contribution in [2.75, 3.05) is 19.7 Å². The minimum absolute atomic E-state index is 0.198. The molecule has 1 fully saturated rings. The monoisotopic (exact) mass is 353 g/mol. The SMILES string of the molecule is CCCC(=O)N1CCC(CCOS(=O)(=O)c2ccc(C)cc2)CC1. The zero-order valence-electron chi connectivity index (χ0n) is 14.5. The number of likely N-dealkylation sites (tertiary alicyclic amines) is 1. The first-order valence-corrected chi connectivity index (χ1v) is 10.1. The summed E-state index contributed by atoms with van der Waals surface area (Å²) in [5.74, 6) is 0.651. The van der Waals surface area contributed by atoms with Gasteiger partial charge < -0.3 is 4.90 Å². The summed E-state index contributed by atoms with van der Waals surface area (Å²) in [7, 11) is -3.67. The Bertz CT molecular complexity index is 631. The Morgan fingerprint density at radius 2 is 1.83 bits per heavy atom. The maximum Gasteiger partial charge on any atom is 0.296 e. The second kappa shape index (κ2) is 8.62. The first-order chi connectivity index (χ1) is 11.4. The van der Waals surface area contributed by atoms with Crippen LogP contribution in [0.1, 0.15) is 44.6 Å². The van der Waals surface area contributed by atoms with Gasteiger partial charge in [-0.2, -0.15) is 8.42 Å². The van der Waals surface area contributed by atoms with Crippen LogP contribution in [0, 0.1) is 12.8 Å². The highest BCUT2D eigenvalue weighted by atomic mass is 32.2. The van der Waals surface area contributed by atoms with Crippen LogP contribution < -0.4 is 0 Å². The second-order valence-corrected chi connectivity index (χ2v) is 8.07. The van der Waals surface area contributed by atoms with Gasteiger partial charge in [-0.1, -0.05) is 24.6 Å². The minimum atomic E-state index is -3.67. The molecule has 2 rings (SSSR count). The highest BCUT2D eigenvalue weighted by Gasteiger charge is 2.23. The standard InChI is InChI=1S/C18H27NO4S/c1-3-4-18(20)19-12-9-16(10-13-19)11-14-23-24(21,22)17-7-5-15(2)6-8-17/h5-8,16H,3-4,9-14H2,1-2H3. The number of amides is 1. The van der Waals surface area contributed by atoms with Crippen molar-refractivity contribution in [3.8, 4) is 0 Å². The van der Waals surface area contributed by atoms with E-state index in [0.717, 1.165) is 37.9 Å². The zero-order valence-corrected chi connectivity index (χ0v) is 15.3. The Labute approximate surface area is 145 Å². The van der Waals surface area contributed by atoms with Crippen molar-refractivity contribution in [2.45, 2.75) is 50.8 Å². The summed E-state index contributed by atoms with van der Waals surface area (Å²) in [5.41, 5.74) is 1.01. The van der Waals surface area contributed by atoms with Gasteiger partial charge in [-0.05, 0) is 50.7 Å². The van der Waals surface area contributed by atoms with Gasteiger partial charge in [0.25, 0.3) is 10.1 Å². The van der Waals surface area contributed by atoms with Crippen LogP contribution in [0.15, 0.2) is 29.2 Å². The fraction of sp³-hybridized carbons (Fsp3) is 0.611. The first-order valence-electron chi connectivity index (χ1n) is 8.66. The van der Waals surface area contributed by atoms with E-state index in [1.807, 2.05) is 18.7 Å². The number of nitrogens with zero attached hydrogens (tertiary/aromatic N) is 1. The number of hydrogen-bond donors (Lipinski definition) is 0. The fourth-order valence-electron chi connectivity index (χ4n) is 2.94. The lowest BCUT2D eigenvalue weighted by molar-refractivity contribution is -0.132. The summed E-state index contributed by atoms with van der Waals surface area (Å²) in [4.78, 5) is 14.0. The van der Waals surface area contributed by atoms with Crippen LogP contribution in [0.2, 0.25) is 0 Å². The van der Waals surface area contributed by atoms with Crippen molar-refractivity contribution >= 4 is 16.0 Å². The lowest BCUT2D eigenvalue weighted by atomic mass is 9.94. The molecule has 134 valence electrons. The first kappa shape index (κ1) is 18.9. The third-order valence-corrected chi connectivity index (χ3v) is 5.83. The maximum absolute atomic E-state index is 12.1. The molecule has 1 aromatic carbocycles.